The fraction of sp³-hybridized carbons (Fsp3) is 0.933. The van der Waals surface area contributed by atoms with Crippen molar-refractivity contribution in [1.82, 2.24) is 0 Å². The zero-order chi connectivity index (χ0) is 15.6. The first-order valence-corrected chi connectivity index (χ1v) is 8.75. The van der Waals surface area contributed by atoms with Crippen LogP contribution in [0.4, 0.5) is 13.2 Å². The molecule has 1 aliphatic carbocycles. The molecule has 0 bridgehead atoms. The van der Waals surface area contributed by atoms with E-state index in [0.29, 0.717) is 18.9 Å². The highest BCUT2D eigenvalue weighted by atomic mass is 79.9. The summed E-state index contributed by atoms with van der Waals surface area (Å²) in [7, 11) is 0. The lowest BCUT2D eigenvalue weighted by molar-refractivity contribution is -0.178. The lowest BCUT2D eigenvalue weighted by atomic mass is 9.66. The average Bonchev–Trinajstić information content (AvgIpc) is 2.61. The second-order valence-corrected chi connectivity index (χ2v) is 7.01. The molecule has 0 spiro atoms. The van der Waals surface area contributed by atoms with Gasteiger partial charge in [-0.05, 0) is 43.9 Å². The molecule has 0 aromatic rings. The summed E-state index contributed by atoms with van der Waals surface area (Å²) >= 11 is 3.13. The summed E-state index contributed by atoms with van der Waals surface area (Å²) < 4.78 is 44.2. The maximum atomic E-state index is 12.8. The molecule has 122 valence electrons. The summed E-state index contributed by atoms with van der Waals surface area (Å²) in [5, 5.41) is 0.0782. The predicted octanol–water partition coefficient (Wildman–Crippen LogP) is 4.36. The summed E-state index contributed by atoms with van der Waals surface area (Å²) in [6, 6.07) is 0. The third kappa shape index (κ3) is 4.01. The van der Waals surface area contributed by atoms with Gasteiger partial charge in [-0.2, -0.15) is 13.2 Å². The molecule has 2 nitrogen and oxygen atoms in total. The van der Waals surface area contributed by atoms with Crippen molar-refractivity contribution in [3.8, 4) is 0 Å². The van der Waals surface area contributed by atoms with E-state index in [4.69, 9.17) is 4.74 Å². The maximum absolute atomic E-state index is 12.8. The van der Waals surface area contributed by atoms with Gasteiger partial charge in [-0.3, -0.25) is 4.79 Å². The molecule has 0 radical (unpaired) electrons. The van der Waals surface area contributed by atoms with Gasteiger partial charge in [0.25, 0.3) is 0 Å². The Morgan fingerprint density at radius 2 is 2.00 bits per heavy atom. The maximum Gasteiger partial charge on any atom is 0.450 e. The molecule has 1 aliphatic heterocycles. The number of ketones is 1. The van der Waals surface area contributed by atoms with Crippen molar-refractivity contribution < 1.29 is 22.7 Å². The standard InChI is InChI=1S/C15H22BrF3O2/c1-9-5-6-10-3-2-4-11(13(10)8-21-9)12(7-16)14(20)15(17,18)19/h9-13H,2-8H2,1H3. The molecule has 0 amide bonds. The van der Waals surface area contributed by atoms with E-state index >= 15 is 0 Å². The van der Waals surface area contributed by atoms with Crippen LogP contribution >= 0.6 is 15.9 Å². The molecule has 5 unspecified atom stereocenters. The fourth-order valence-electron chi connectivity index (χ4n) is 3.91. The van der Waals surface area contributed by atoms with Crippen LogP contribution in [0.15, 0.2) is 0 Å². The highest BCUT2D eigenvalue weighted by Crippen LogP contribution is 2.45. The summed E-state index contributed by atoms with van der Waals surface area (Å²) in [5.74, 6) is -2.30. The van der Waals surface area contributed by atoms with Crippen LogP contribution in [0.5, 0.6) is 0 Å². The number of fused-ring (bicyclic) bond motifs is 1. The molecule has 1 saturated carbocycles. The highest BCUT2D eigenvalue weighted by molar-refractivity contribution is 9.09. The smallest absolute Gasteiger partial charge is 0.378 e. The van der Waals surface area contributed by atoms with Crippen molar-refractivity contribution in [3.63, 3.8) is 0 Å². The van der Waals surface area contributed by atoms with Gasteiger partial charge in [0.1, 0.15) is 0 Å². The number of ether oxygens (including phenoxy) is 1. The van der Waals surface area contributed by atoms with E-state index in [1.54, 1.807) is 0 Å². The van der Waals surface area contributed by atoms with Crippen molar-refractivity contribution in [2.45, 2.75) is 51.3 Å². The van der Waals surface area contributed by atoms with Crippen LogP contribution in [-0.4, -0.2) is 30.0 Å². The van der Waals surface area contributed by atoms with E-state index < -0.39 is 17.9 Å². The molecule has 2 aliphatic rings. The van der Waals surface area contributed by atoms with Crippen LogP contribution in [0, 0.1) is 23.7 Å². The topological polar surface area (TPSA) is 26.3 Å². The Morgan fingerprint density at radius 1 is 1.29 bits per heavy atom. The van der Waals surface area contributed by atoms with Crippen molar-refractivity contribution >= 4 is 21.7 Å². The van der Waals surface area contributed by atoms with Crippen molar-refractivity contribution in [3.05, 3.63) is 0 Å². The molecule has 5 atom stereocenters. The van der Waals surface area contributed by atoms with E-state index in [0.717, 1.165) is 25.7 Å². The third-order valence-corrected chi connectivity index (χ3v) is 5.78. The first kappa shape index (κ1) is 17.3. The molecule has 1 heterocycles. The first-order chi connectivity index (χ1) is 9.84. The highest BCUT2D eigenvalue weighted by Gasteiger charge is 2.49. The van der Waals surface area contributed by atoms with Gasteiger partial charge in [0.2, 0.25) is 5.78 Å². The van der Waals surface area contributed by atoms with E-state index in [1.165, 1.54) is 0 Å². The Bertz CT molecular complexity index is 372. The summed E-state index contributed by atoms with van der Waals surface area (Å²) in [4.78, 5) is 11.7. The molecule has 0 N–H and O–H groups in total. The number of rotatable bonds is 3. The van der Waals surface area contributed by atoms with Crippen molar-refractivity contribution in [2.75, 3.05) is 11.9 Å². The van der Waals surface area contributed by atoms with Gasteiger partial charge in [-0.15, -0.1) is 0 Å². The quantitative estimate of drug-likeness (QED) is 0.689. The van der Waals surface area contributed by atoms with Crippen molar-refractivity contribution in [1.29, 1.82) is 0 Å². The van der Waals surface area contributed by atoms with Crippen LogP contribution in [-0.2, 0) is 9.53 Å². The van der Waals surface area contributed by atoms with Gasteiger partial charge in [-0.1, -0.05) is 28.8 Å². The zero-order valence-electron chi connectivity index (χ0n) is 12.2. The summed E-state index contributed by atoms with van der Waals surface area (Å²) in [5.41, 5.74) is 0. The average molecular weight is 371 g/mol. The van der Waals surface area contributed by atoms with E-state index in [1.807, 2.05) is 6.92 Å². The van der Waals surface area contributed by atoms with Crippen LogP contribution in [0.2, 0.25) is 0 Å². The molecule has 1 saturated heterocycles. The minimum Gasteiger partial charge on any atom is -0.378 e. The Labute approximate surface area is 131 Å². The van der Waals surface area contributed by atoms with Gasteiger partial charge in [0.05, 0.1) is 12.7 Å². The van der Waals surface area contributed by atoms with E-state index in [2.05, 4.69) is 15.9 Å². The molecule has 21 heavy (non-hydrogen) atoms. The largest absolute Gasteiger partial charge is 0.450 e. The molecule has 6 heteroatoms. The van der Waals surface area contributed by atoms with E-state index in [-0.39, 0.29) is 23.3 Å². The fourth-order valence-corrected chi connectivity index (χ4v) is 4.68. The Kier molecular flexibility index (Phi) is 5.74. The molecule has 2 rings (SSSR count). The monoisotopic (exact) mass is 370 g/mol. The number of alkyl halides is 4. The Hall–Kier alpha value is -0.100. The number of hydrogen-bond acceptors (Lipinski definition) is 2. The summed E-state index contributed by atoms with van der Waals surface area (Å²) in [6.45, 7) is 2.50. The number of hydrogen-bond donors (Lipinski definition) is 0. The summed E-state index contributed by atoms with van der Waals surface area (Å²) in [6.07, 6.45) is 0.0252. The van der Waals surface area contributed by atoms with Crippen LogP contribution in [0.3, 0.4) is 0 Å². The van der Waals surface area contributed by atoms with Crippen molar-refractivity contribution in [2.24, 2.45) is 23.7 Å². The molecule has 0 aromatic carbocycles. The second-order valence-electron chi connectivity index (χ2n) is 6.36. The van der Waals surface area contributed by atoms with Gasteiger partial charge in [-0.25, -0.2) is 0 Å². The number of Topliss-reactive ketones (excluding diaryl/α,β-unsaturated/α-hetero) is 1. The number of carbonyl (C=O) groups is 1. The van der Waals surface area contributed by atoms with E-state index in [9.17, 15) is 18.0 Å². The second kappa shape index (κ2) is 6.99. The zero-order valence-corrected chi connectivity index (χ0v) is 13.8. The van der Waals surface area contributed by atoms with Gasteiger partial charge in [0, 0.05) is 11.2 Å². The molecular formula is C15H22BrF3O2. The normalized spacial score (nSPS) is 35.7. The molecular weight excluding hydrogens is 349 g/mol. The molecule has 0 aromatic heterocycles. The van der Waals surface area contributed by atoms with Crippen LogP contribution in [0.25, 0.3) is 0 Å². The molecule has 2 fully saturated rings. The Balaban J connectivity index is 2.17. The lowest BCUT2D eigenvalue weighted by Crippen LogP contribution is -2.43. The van der Waals surface area contributed by atoms with Crippen LogP contribution < -0.4 is 0 Å². The van der Waals surface area contributed by atoms with Crippen LogP contribution in [0.1, 0.15) is 39.0 Å². The number of halogens is 4. The predicted molar refractivity (Wildman–Crippen MR) is 77.3 cm³/mol. The van der Waals surface area contributed by atoms with Gasteiger partial charge in [0.15, 0.2) is 0 Å². The first-order valence-electron chi connectivity index (χ1n) is 7.63. The minimum absolute atomic E-state index is 0.0782. The van der Waals surface area contributed by atoms with Gasteiger partial charge < -0.3 is 4.74 Å². The minimum atomic E-state index is -4.75. The SMILES string of the molecule is CC1CCC2CCCC(C(CBr)C(=O)C(F)(F)F)C2CO1. The lowest BCUT2D eigenvalue weighted by Gasteiger charge is -2.40. The third-order valence-electron chi connectivity index (χ3n) is 5.08. The Morgan fingerprint density at radius 3 is 2.62 bits per heavy atom. The number of carbonyl (C=O) groups excluding carboxylic acids is 1. The van der Waals surface area contributed by atoms with Gasteiger partial charge >= 0.3 is 6.18 Å².